The molecule has 0 aliphatic heterocycles. The van der Waals surface area contributed by atoms with E-state index in [2.05, 4.69) is 42.1 Å². The quantitative estimate of drug-likeness (QED) is 0.765. The number of fused-ring (bicyclic) bond motifs is 1. The molecule has 2 heterocycles. The van der Waals surface area contributed by atoms with Gasteiger partial charge >= 0.3 is 0 Å². The van der Waals surface area contributed by atoms with Gasteiger partial charge in [0.25, 0.3) is 0 Å². The summed E-state index contributed by atoms with van der Waals surface area (Å²) in [5.41, 5.74) is 5.98. The smallest absolute Gasteiger partial charge is 0.228 e. The van der Waals surface area contributed by atoms with Gasteiger partial charge in [-0.25, -0.2) is 4.98 Å². The van der Waals surface area contributed by atoms with Gasteiger partial charge in [0.05, 0.1) is 0 Å². The van der Waals surface area contributed by atoms with Crippen molar-refractivity contribution in [3.8, 4) is 11.1 Å². The molecule has 1 amide bonds. The van der Waals surface area contributed by atoms with Crippen LogP contribution in [0.1, 0.15) is 29.5 Å². The first-order valence-corrected chi connectivity index (χ1v) is 8.66. The normalized spacial score (nSPS) is 13.9. The van der Waals surface area contributed by atoms with E-state index in [0.29, 0.717) is 5.82 Å². The van der Waals surface area contributed by atoms with Crippen LogP contribution in [0.2, 0.25) is 0 Å². The summed E-state index contributed by atoms with van der Waals surface area (Å²) >= 11 is 0. The summed E-state index contributed by atoms with van der Waals surface area (Å²) in [4.78, 5) is 20.7. The van der Waals surface area contributed by atoms with Crippen molar-refractivity contribution in [2.24, 2.45) is 5.92 Å². The zero-order valence-electron chi connectivity index (χ0n) is 14.8. The number of nitrogens with zero attached hydrogens (tertiary/aromatic N) is 2. The van der Waals surface area contributed by atoms with Crippen molar-refractivity contribution in [2.45, 2.75) is 33.6 Å². The second-order valence-electron chi connectivity index (χ2n) is 6.92. The van der Waals surface area contributed by atoms with E-state index < -0.39 is 0 Å². The van der Waals surface area contributed by atoms with Gasteiger partial charge in [0, 0.05) is 35.5 Å². The number of benzene rings is 1. The Hall–Kier alpha value is -2.75. The molecule has 1 aliphatic carbocycles. The molecule has 126 valence electrons. The van der Waals surface area contributed by atoms with Crippen molar-refractivity contribution < 1.29 is 4.79 Å². The predicted octanol–water partition coefficient (Wildman–Crippen LogP) is 4.57. The fourth-order valence-electron chi connectivity index (χ4n) is 3.24. The number of hydrogen-bond donors (Lipinski definition) is 1. The highest BCUT2D eigenvalue weighted by Gasteiger charge is 2.29. The molecule has 0 radical (unpaired) electrons. The van der Waals surface area contributed by atoms with Gasteiger partial charge in [-0.1, -0.05) is 0 Å². The summed E-state index contributed by atoms with van der Waals surface area (Å²) in [6.45, 7) is 6.36. The Morgan fingerprint density at radius 3 is 2.60 bits per heavy atom. The molecule has 1 aromatic carbocycles. The molecule has 3 aromatic rings. The molecule has 1 saturated carbocycles. The molecule has 1 fully saturated rings. The summed E-state index contributed by atoms with van der Waals surface area (Å²) in [6.07, 6.45) is 7.57. The van der Waals surface area contributed by atoms with Gasteiger partial charge in [0.15, 0.2) is 0 Å². The number of aryl methyl sites for hydroxylation is 2. The third kappa shape index (κ3) is 2.88. The Morgan fingerprint density at radius 1 is 1.08 bits per heavy atom. The molecule has 2 aromatic heterocycles. The van der Waals surface area contributed by atoms with Crippen LogP contribution in [0.15, 0.2) is 36.8 Å². The summed E-state index contributed by atoms with van der Waals surface area (Å²) in [6, 6.07) is 6.18. The Kier molecular flexibility index (Phi) is 3.75. The van der Waals surface area contributed by atoms with Crippen molar-refractivity contribution >= 4 is 22.5 Å². The topological polar surface area (TPSA) is 54.9 Å². The highest BCUT2D eigenvalue weighted by atomic mass is 16.2. The SMILES string of the molecule is Cc1ccncc1-c1cc2cc(NC(=O)C3CC3)ncc2c(C)c1C. The number of hydrogen-bond acceptors (Lipinski definition) is 3. The second-order valence-corrected chi connectivity index (χ2v) is 6.92. The molecule has 1 aliphatic rings. The molecule has 4 heteroatoms. The van der Waals surface area contributed by atoms with Crippen molar-refractivity contribution in [2.75, 3.05) is 5.32 Å². The minimum absolute atomic E-state index is 0.0824. The number of amides is 1. The zero-order chi connectivity index (χ0) is 17.6. The van der Waals surface area contributed by atoms with Crippen LogP contribution in [0.5, 0.6) is 0 Å². The first-order valence-electron chi connectivity index (χ1n) is 8.66. The van der Waals surface area contributed by atoms with Gasteiger partial charge < -0.3 is 5.32 Å². The molecule has 0 spiro atoms. The summed E-state index contributed by atoms with van der Waals surface area (Å²) in [5.74, 6) is 0.881. The predicted molar refractivity (Wildman–Crippen MR) is 101 cm³/mol. The maximum atomic E-state index is 12.0. The van der Waals surface area contributed by atoms with Crippen LogP contribution < -0.4 is 5.32 Å². The third-order valence-corrected chi connectivity index (χ3v) is 5.13. The fourth-order valence-corrected chi connectivity index (χ4v) is 3.24. The number of rotatable bonds is 3. The fraction of sp³-hybridized carbons (Fsp3) is 0.286. The lowest BCUT2D eigenvalue weighted by Crippen LogP contribution is -2.14. The molecule has 25 heavy (non-hydrogen) atoms. The van der Waals surface area contributed by atoms with E-state index in [4.69, 9.17) is 0 Å². The molecule has 1 N–H and O–H groups in total. The van der Waals surface area contributed by atoms with Gasteiger partial charge in [0.2, 0.25) is 5.91 Å². The van der Waals surface area contributed by atoms with Gasteiger partial charge in [-0.2, -0.15) is 0 Å². The number of pyridine rings is 2. The van der Waals surface area contributed by atoms with Crippen LogP contribution in [0, 0.1) is 26.7 Å². The zero-order valence-corrected chi connectivity index (χ0v) is 14.8. The summed E-state index contributed by atoms with van der Waals surface area (Å²) in [5, 5.41) is 5.14. The summed E-state index contributed by atoms with van der Waals surface area (Å²) < 4.78 is 0. The second kappa shape index (κ2) is 5.96. The third-order valence-electron chi connectivity index (χ3n) is 5.13. The van der Waals surface area contributed by atoms with Crippen LogP contribution in [0.4, 0.5) is 5.82 Å². The lowest BCUT2D eigenvalue weighted by molar-refractivity contribution is -0.117. The Balaban J connectivity index is 1.83. The molecule has 4 rings (SSSR count). The Morgan fingerprint density at radius 2 is 1.88 bits per heavy atom. The van der Waals surface area contributed by atoms with Gasteiger partial charge in [-0.05, 0) is 79.5 Å². The maximum Gasteiger partial charge on any atom is 0.228 e. The van der Waals surface area contributed by atoms with Gasteiger partial charge in [0.1, 0.15) is 5.82 Å². The van der Waals surface area contributed by atoms with Crippen molar-refractivity contribution in [1.29, 1.82) is 0 Å². The van der Waals surface area contributed by atoms with Crippen LogP contribution in [-0.4, -0.2) is 15.9 Å². The van der Waals surface area contributed by atoms with Crippen molar-refractivity contribution in [3.05, 3.63) is 53.5 Å². The number of anilines is 1. The first-order chi connectivity index (χ1) is 12.0. The molecule has 0 saturated heterocycles. The lowest BCUT2D eigenvalue weighted by Gasteiger charge is -2.15. The van der Waals surface area contributed by atoms with E-state index in [1.54, 1.807) is 0 Å². The highest BCUT2D eigenvalue weighted by Crippen LogP contribution is 2.34. The number of nitrogens with one attached hydrogen (secondary N) is 1. The van der Waals surface area contributed by atoms with Crippen LogP contribution >= 0.6 is 0 Å². The molecule has 0 unspecified atom stereocenters. The van der Waals surface area contributed by atoms with Crippen LogP contribution in [-0.2, 0) is 4.79 Å². The molecule has 4 nitrogen and oxygen atoms in total. The maximum absolute atomic E-state index is 12.0. The standard InChI is InChI=1S/C21H21N3O/c1-12-6-7-22-10-18(12)17-8-16-9-20(24-21(25)15-4-5-15)23-11-19(16)14(3)13(17)2/h6-11,15H,4-5H2,1-3H3,(H,23,24,25). The minimum atomic E-state index is 0.0824. The largest absolute Gasteiger partial charge is 0.310 e. The summed E-state index contributed by atoms with van der Waals surface area (Å²) in [7, 11) is 0. The average molecular weight is 331 g/mol. The van der Waals surface area contributed by atoms with Crippen molar-refractivity contribution in [1.82, 2.24) is 9.97 Å². The van der Waals surface area contributed by atoms with Gasteiger partial charge in [-0.3, -0.25) is 9.78 Å². The number of carbonyl (C=O) groups is 1. The van der Waals surface area contributed by atoms with Crippen molar-refractivity contribution in [3.63, 3.8) is 0 Å². The van der Waals surface area contributed by atoms with E-state index in [1.807, 2.05) is 30.7 Å². The monoisotopic (exact) mass is 331 g/mol. The Labute approximate surface area is 147 Å². The van der Waals surface area contributed by atoms with Gasteiger partial charge in [-0.15, -0.1) is 0 Å². The Bertz CT molecular complexity index is 990. The van der Waals surface area contributed by atoms with E-state index in [0.717, 1.165) is 29.2 Å². The first kappa shape index (κ1) is 15.8. The molecular formula is C21H21N3O. The van der Waals surface area contributed by atoms with E-state index in [-0.39, 0.29) is 11.8 Å². The highest BCUT2D eigenvalue weighted by molar-refractivity contribution is 5.97. The number of aromatic nitrogens is 2. The molecule has 0 atom stereocenters. The lowest BCUT2D eigenvalue weighted by atomic mass is 9.92. The van der Waals surface area contributed by atoms with Crippen LogP contribution in [0.25, 0.3) is 21.9 Å². The number of carbonyl (C=O) groups excluding carboxylic acids is 1. The van der Waals surface area contributed by atoms with Crippen LogP contribution in [0.3, 0.4) is 0 Å². The van der Waals surface area contributed by atoms with E-state index >= 15 is 0 Å². The molecular weight excluding hydrogens is 310 g/mol. The van der Waals surface area contributed by atoms with E-state index in [1.165, 1.54) is 22.3 Å². The molecule has 0 bridgehead atoms. The average Bonchev–Trinajstić information content (AvgIpc) is 3.44. The minimum Gasteiger partial charge on any atom is -0.310 e. The van der Waals surface area contributed by atoms with E-state index in [9.17, 15) is 4.79 Å².